The highest BCUT2D eigenvalue weighted by atomic mass is 32.1. The quantitative estimate of drug-likeness (QED) is 0.771. The van der Waals surface area contributed by atoms with Gasteiger partial charge in [0.25, 0.3) is 0 Å². The van der Waals surface area contributed by atoms with E-state index in [9.17, 15) is 0 Å². The lowest BCUT2D eigenvalue weighted by Gasteiger charge is -2.13. The third kappa shape index (κ3) is 4.53. The fourth-order valence-electron chi connectivity index (χ4n) is 1.93. The molecule has 18 heavy (non-hydrogen) atoms. The number of nitrogens with two attached hydrogens (primary N) is 1. The fourth-order valence-corrected chi connectivity index (χ4v) is 2.22. The van der Waals surface area contributed by atoms with Gasteiger partial charge in [0.1, 0.15) is 0 Å². The highest BCUT2D eigenvalue weighted by Gasteiger charge is 2.09. The molecule has 4 heteroatoms. The summed E-state index contributed by atoms with van der Waals surface area (Å²) >= 11 is 4.92. The summed E-state index contributed by atoms with van der Waals surface area (Å²) < 4.78 is 10.8. The van der Waals surface area contributed by atoms with Crippen LogP contribution in [0.3, 0.4) is 0 Å². The van der Waals surface area contributed by atoms with Crippen molar-refractivity contribution in [3.63, 3.8) is 0 Å². The van der Waals surface area contributed by atoms with Crippen molar-refractivity contribution in [2.75, 3.05) is 13.7 Å². The molecule has 0 aromatic heterocycles. The van der Waals surface area contributed by atoms with Gasteiger partial charge in [0, 0.05) is 6.42 Å². The van der Waals surface area contributed by atoms with Crippen LogP contribution in [0.25, 0.3) is 0 Å². The summed E-state index contributed by atoms with van der Waals surface area (Å²) in [5, 5.41) is 0. The first-order chi connectivity index (χ1) is 8.56. The highest BCUT2D eigenvalue weighted by Crippen LogP contribution is 2.29. The van der Waals surface area contributed by atoms with Crippen molar-refractivity contribution in [3.05, 3.63) is 23.8 Å². The zero-order chi connectivity index (χ0) is 13.5. The summed E-state index contributed by atoms with van der Waals surface area (Å²) in [5.74, 6) is 1.99. The van der Waals surface area contributed by atoms with Gasteiger partial charge in [-0.25, -0.2) is 0 Å². The lowest BCUT2D eigenvalue weighted by atomic mass is 9.98. The van der Waals surface area contributed by atoms with E-state index in [2.05, 4.69) is 13.0 Å². The molecule has 0 heterocycles. The van der Waals surface area contributed by atoms with Crippen LogP contribution < -0.4 is 15.2 Å². The maximum absolute atomic E-state index is 5.55. The van der Waals surface area contributed by atoms with Crippen molar-refractivity contribution >= 4 is 17.2 Å². The molecule has 0 radical (unpaired) electrons. The first-order valence-electron chi connectivity index (χ1n) is 6.14. The van der Waals surface area contributed by atoms with Crippen molar-refractivity contribution in [1.82, 2.24) is 0 Å². The average molecular weight is 267 g/mol. The third-order valence-corrected chi connectivity index (χ3v) is 2.83. The van der Waals surface area contributed by atoms with Crippen molar-refractivity contribution < 1.29 is 9.47 Å². The molecule has 1 aromatic rings. The smallest absolute Gasteiger partial charge is 0.161 e. The minimum absolute atomic E-state index is 0.435. The Labute approximate surface area is 114 Å². The van der Waals surface area contributed by atoms with Crippen LogP contribution in [-0.4, -0.2) is 18.7 Å². The van der Waals surface area contributed by atoms with Crippen LogP contribution >= 0.6 is 12.2 Å². The number of methoxy groups -OCH3 is 1. The normalized spacial score (nSPS) is 11.9. The number of thiocarbonyl (C=S) groups is 1. The zero-order valence-electron chi connectivity index (χ0n) is 11.2. The van der Waals surface area contributed by atoms with E-state index >= 15 is 0 Å². The topological polar surface area (TPSA) is 44.5 Å². The van der Waals surface area contributed by atoms with E-state index < -0.39 is 0 Å². The third-order valence-electron chi connectivity index (χ3n) is 2.66. The molecule has 0 spiro atoms. The minimum Gasteiger partial charge on any atom is -0.493 e. The molecule has 0 amide bonds. The van der Waals surface area contributed by atoms with Gasteiger partial charge in [0.15, 0.2) is 11.5 Å². The summed E-state index contributed by atoms with van der Waals surface area (Å²) in [4.78, 5) is 0.570. The SMILES string of the molecule is CCOc1ccc(CC(C)CC(N)=S)cc1OC. The van der Waals surface area contributed by atoms with Crippen molar-refractivity contribution in [2.45, 2.75) is 26.7 Å². The van der Waals surface area contributed by atoms with Gasteiger partial charge in [-0.3, -0.25) is 0 Å². The van der Waals surface area contributed by atoms with Gasteiger partial charge >= 0.3 is 0 Å². The molecule has 1 rings (SSSR count). The summed E-state index contributed by atoms with van der Waals surface area (Å²) in [6.07, 6.45) is 1.70. The maximum atomic E-state index is 5.55. The second-order valence-electron chi connectivity index (χ2n) is 4.40. The molecule has 1 atom stereocenters. The molecule has 0 saturated heterocycles. The van der Waals surface area contributed by atoms with Crippen LogP contribution in [0.5, 0.6) is 11.5 Å². The number of hydrogen-bond donors (Lipinski definition) is 1. The van der Waals surface area contributed by atoms with E-state index in [1.54, 1.807) is 7.11 Å². The second-order valence-corrected chi connectivity index (χ2v) is 4.92. The largest absolute Gasteiger partial charge is 0.493 e. The van der Waals surface area contributed by atoms with Crippen LogP contribution in [0.1, 0.15) is 25.8 Å². The molecule has 0 bridgehead atoms. The monoisotopic (exact) mass is 267 g/mol. The summed E-state index contributed by atoms with van der Waals surface area (Å²) in [7, 11) is 1.65. The fraction of sp³-hybridized carbons (Fsp3) is 0.500. The number of hydrogen-bond acceptors (Lipinski definition) is 3. The van der Waals surface area contributed by atoms with E-state index in [1.807, 2.05) is 19.1 Å². The van der Waals surface area contributed by atoms with Gasteiger partial charge in [-0.2, -0.15) is 0 Å². The molecule has 0 fully saturated rings. The van der Waals surface area contributed by atoms with Crippen LogP contribution in [0, 0.1) is 5.92 Å². The predicted octanol–water partition coefficient (Wildman–Crippen LogP) is 2.95. The molecule has 0 aliphatic heterocycles. The van der Waals surface area contributed by atoms with Crippen LogP contribution in [0.2, 0.25) is 0 Å². The Balaban J connectivity index is 2.75. The molecule has 0 saturated carbocycles. The van der Waals surface area contributed by atoms with Gasteiger partial charge in [-0.1, -0.05) is 25.2 Å². The molecule has 1 unspecified atom stereocenters. The Morgan fingerprint density at radius 3 is 2.67 bits per heavy atom. The molecule has 2 N–H and O–H groups in total. The second kappa shape index (κ2) is 7.21. The molecule has 3 nitrogen and oxygen atoms in total. The Kier molecular flexibility index (Phi) is 5.92. The highest BCUT2D eigenvalue weighted by molar-refractivity contribution is 7.80. The van der Waals surface area contributed by atoms with E-state index in [0.717, 1.165) is 24.3 Å². The first kappa shape index (κ1) is 14.8. The summed E-state index contributed by atoms with van der Waals surface area (Å²) in [6, 6.07) is 6.02. The van der Waals surface area contributed by atoms with Gasteiger partial charge < -0.3 is 15.2 Å². The minimum atomic E-state index is 0.435. The van der Waals surface area contributed by atoms with Gasteiger partial charge in [-0.15, -0.1) is 0 Å². The Morgan fingerprint density at radius 1 is 1.39 bits per heavy atom. The standard InChI is InChI=1S/C14H21NO2S/c1-4-17-12-6-5-11(9-13(12)16-3)7-10(2)8-14(15)18/h5-6,9-10H,4,7-8H2,1-3H3,(H2,15,18). The molecule has 1 aromatic carbocycles. The Hall–Kier alpha value is -1.29. The van der Waals surface area contributed by atoms with Crippen LogP contribution in [0.4, 0.5) is 0 Å². The maximum Gasteiger partial charge on any atom is 0.161 e. The number of ether oxygens (including phenoxy) is 2. The van der Waals surface area contributed by atoms with E-state index in [0.29, 0.717) is 17.5 Å². The molecule has 0 aliphatic rings. The molecular formula is C14H21NO2S. The van der Waals surface area contributed by atoms with Crippen molar-refractivity contribution in [1.29, 1.82) is 0 Å². The first-order valence-corrected chi connectivity index (χ1v) is 6.55. The summed E-state index contributed by atoms with van der Waals surface area (Å²) in [5.41, 5.74) is 6.76. The summed E-state index contributed by atoms with van der Waals surface area (Å²) in [6.45, 7) is 4.73. The molecular weight excluding hydrogens is 246 g/mol. The molecule has 0 aliphatic carbocycles. The van der Waals surface area contributed by atoms with E-state index in [-0.39, 0.29) is 0 Å². The number of benzene rings is 1. The van der Waals surface area contributed by atoms with E-state index in [4.69, 9.17) is 27.4 Å². The van der Waals surface area contributed by atoms with Crippen molar-refractivity contribution in [3.8, 4) is 11.5 Å². The predicted molar refractivity (Wildman–Crippen MR) is 78.4 cm³/mol. The lowest BCUT2D eigenvalue weighted by molar-refractivity contribution is 0.310. The molecule has 100 valence electrons. The van der Waals surface area contributed by atoms with Gasteiger partial charge in [-0.05, 0) is 37.0 Å². The van der Waals surface area contributed by atoms with Crippen LogP contribution in [0.15, 0.2) is 18.2 Å². The zero-order valence-corrected chi connectivity index (χ0v) is 12.0. The van der Waals surface area contributed by atoms with Gasteiger partial charge in [0.2, 0.25) is 0 Å². The van der Waals surface area contributed by atoms with Crippen LogP contribution in [-0.2, 0) is 6.42 Å². The van der Waals surface area contributed by atoms with E-state index in [1.165, 1.54) is 5.56 Å². The average Bonchev–Trinajstić information content (AvgIpc) is 2.30. The van der Waals surface area contributed by atoms with Gasteiger partial charge in [0.05, 0.1) is 18.7 Å². The Morgan fingerprint density at radius 2 is 2.11 bits per heavy atom. The lowest BCUT2D eigenvalue weighted by Crippen LogP contribution is -2.14. The number of rotatable bonds is 7. The van der Waals surface area contributed by atoms with Crippen molar-refractivity contribution in [2.24, 2.45) is 11.7 Å². The Bertz CT molecular complexity index is 407.